The second-order valence-corrected chi connectivity index (χ2v) is 12.4. The summed E-state index contributed by atoms with van der Waals surface area (Å²) >= 11 is 0. The molecule has 15 atom stereocenters. The third-order valence-electron chi connectivity index (χ3n) is 9.51. The minimum atomic E-state index is -0.999. The highest BCUT2D eigenvalue weighted by molar-refractivity contribution is 5.13. The standard InChI is InChI=1S/C35H58O16/c1-36-17-21-24(39-4)27(40-5)31(44-9)34(48-21)51-26-23(19-38-3)49-35(32(45-10)29(26)42-7)50-25-22(18-37-2)47-33(30(43-8)28(25)41-6)46-16-20-14-12-11-13-15-20/h11-15,21-35H,16-19H2,1-10H3. The van der Waals surface area contributed by atoms with Crippen molar-refractivity contribution < 1.29 is 75.8 Å². The van der Waals surface area contributed by atoms with Crippen molar-refractivity contribution in [1.82, 2.24) is 0 Å². The Morgan fingerprint density at radius 2 is 0.765 bits per heavy atom. The molecule has 51 heavy (non-hydrogen) atoms. The van der Waals surface area contributed by atoms with E-state index in [1.807, 2.05) is 30.3 Å². The summed E-state index contributed by atoms with van der Waals surface area (Å²) in [6.07, 6.45) is -10.7. The zero-order valence-corrected chi connectivity index (χ0v) is 31.4. The Morgan fingerprint density at radius 3 is 1.16 bits per heavy atom. The van der Waals surface area contributed by atoms with Crippen molar-refractivity contribution in [3.8, 4) is 0 Å². The second-order valence-electron chi connectivity index (χ2n) is 12.4. The smallest absolute Gasteiger partial charge is 0.187 e. The van der Waals surface area contributed by atoms with Crippen LogP contribution in [0.4, 0.5) is 0 Å². The van der Waals surface area contributed by atoms with Gasteiger partial charge in [0.1, 0.15) is 73.2 Å². The van der Waals surface area contributed by atoms with E-state index >= 15 is 0 Å². The Bertz CT molecular complexity index is 1090. The van der Waals surface area contributed by atoms with Gasteiger partial charge >= 0.3 is 0 Å². The average Bonchev–Trinajstić information content (AvgIpc) is 3.15. The van der Waals surface area contributed by atoms with Crippen LogP contribution in [0.25, 0.3) is 0 Å². The molecule has 3 aliphatic rings. The van der Waals surface area contributed by atoms with E-state index < -0.39 is 92.1 Å². The summed E-state index contributed by atoms with van der Waals surface area (Å²) < 4.78 is 97.0. The van der Waals surface area contributed by atoms with E-state index in [-0.39, 0.29) is 19.8 Å². The molecule has 294 valence electrons. The highest BCUT2D eigenvalue weighted by atomic mass is 16.8. The van der Waals surface area contributed by atoms with Gasteiger partial charge in [0.15, 0.2) is 18.9 Å². The minimum absolute atomic E-state index is 0.119. The zero-order valence-electron chi connectivity index (χ0n) is 31.4. The fourth-order valence-electron chi connectivity index (χ4n) is 7.11. The second kappa shape index (κ2) is 21.5. The summed E-state index contributed by atoms with van der Waals surface area (Å²) in [5.74, 6) is 0. The third-order valence-corrected chi connectivity index (χ3v) is 9.51. The monoisotopic (exact) mass is 734 g/mol. The molecule has 16 heteroatoms. The van der Waals surface area contributed by atoms with E-state index in [1.54, 1.807) is 71.1 Å². The van der Waals surface area contributed by atoms with E-state index in [1.165, 1.54) is 0 Å². The molecule has 15 unspecified atom stereocenters. The summed E-state index contributed by atoms with van der Waals surface area (Å²) in [6, 6.07) is 9.79. The topological polar surface area (TPSA) is 148 Å². The first kappa shape index (κ1) is 42.3. The molecule has 0 spiro atoms. The van der Waals surface area contributed by atoms with Gasteiger partial charge in [-0.15, -0.1) is 0 Å². The lowest BCUT2D eigenvalue weighted by Gasteiger charge is -2.51. The molecule has 4 rings (SSSR count). The molecule has 0 radical (unpaired) electrons. The quantitative estimate of drug-likeness (QED) is 0.189. The van der Waals surface area contributed by atoms with Crippen LogP contribution in [-0.4, -0.2) is 183 Å². The molecule has 0 aliphatic carbocycles. The molecule has 3 saturated heterocycles. The van der Waals surface area contributed by atoms with Gasteiger partial charge in [-0.3, -0.25) is 0 Å². The summed E-state index contributed by atoms with van der Waals surface area (Å²) in [5.41, 5.74) is 0.984. The van der Waals surface area contributed by atoms with Crippen LogP contribution < -0.4 is 0 Å². The maximum absolute atomic E-state index is 6.74. The van der Waals surface area contributed by atoms with Gasteiger partial charge < -0.3 is 75.8 Å². The molecule has 3 fully saturated rings. The van der Waals surface area contributed by atoms with Gasteiger partial charge in [-0.1, -0.05) is 30.3 Å². The molecule has 0 saturated carbocycles. The SMILES string of the molecule is COCC1OC(OC2C(COC)OC(OC3C(COC)OC(OCc4ccccc4)C(OC)C3OC)C(OC)C2OC)C(OC)C(OC)C1OC. The van der Waals surface area contributed by atoms with Crippen LogP contribution in [0.1, 0.15) is 5.56 Å². The predicted octanol–water partition coefficient (Wildman–Crippen LogP) is 1.19. The summed E-state index contributed by atoms with van der Waals surface area (Å²) in [5, 5.41) is 0. The first-order valence-electron chi connectivity index (χ1n) is 17.0. The Labute approximate surface area is 301 Å². The van der Waals surface area contributed by atoms with Gasteiger partial charge in [0.05, 0.1) is 26.4 Å². The summed E-state index contributed by atoms with van der Waals surface area (Å²) in [7, 11) is 15.7. The van der Waals surface area contributed by atoms with Crippen LogP contribution in [0.5, 0.6) is 0 Å². The maximum Gasteiger partial charge on any atom is 0.187 e. The molecule has 1 aromatic carbocycles. The van der Waals surface area contributed by atoms with E-state index in [0.717, 1.165) is 5.56 Å². The zero-order chi connectivity index (χ0) is 36.9. The van der Waals surface area contributed by atoms with Crippen molar-refractivity contribution in [1.29, 1.82) is 0 Å². The van der Waals surface area contributed by atoms with Gasteiger partial charge in [-0.25, -0.2) is 0 Å². The van der Waals surface area contributed by atoms with Crippen molar-refractivity contribution >= 4 is 0 Å². The fraction of sp³-hybridized carbons (Fsp3) is 0.829. The van der Waals surface area contributed by atoms with Gasteiger partial charge in [-0.2, -0.15) is 0 Å². The number of methoxy groups -OCH3 is 10. The number of hydrogen-bond acceptors (Lipinski definition) is 16. The average molecular weight is 735 g/mol. The van der Waals surface area contributed by atoms with Gasteiger partial charge in [0, 0.05) is 71.1 Å². The molecule has 3 heterocycles. The van der Waals surface area contributed by atoms with Gasteiger partial charge in [-0.05, 0) is 5.56 Å². The molecule has 0 aromatic heterocycles. The van der Waals surface area contributed by atoms with E-state index in [9.17, 15) is 0 Å². The Morgan fingerprint density at radius 1 is 0.412 bits per heavy atom. The van der Waals surface area contributed by atoms with Crippen molar-refractivity contribution in [2.45, 2.75) is 98.7 Å². The highest BCUT2D eigenvalue weighted by Crippen LogP contribution is 2.37. The van der Waals surface area contributed by atoms with Gasteiger partial charge in [0.25, 0.3) is 0 Å². The molecule has 3 aliphatic heterocycles. The van der Waals surface area contributed by atoms with E-state index in [2.05, 4.69) is 0 Å². The van der Waals surface area contributed by atoms with Gasteiger partial charge in [0.2, 0.25) is 0 Å². The lowest BCUT2D eigenvalue weighted by molar-refractivity contribution is -0.386. The fourth-order valence-corrected chi connectivity index (χ4v) is 7.11. The third kappa shape index (κ3) is 10.0. The number of rotatable bonds is 20. The van der Waals surface area contributed by atoms with Crippen molar-refractivity contribution in [3.63, 3.8) is 0 Å². The molecular formula is C35H58O16. The van der Waals surface area contributed by atoms with Crippen molar-refractivity contribution in [2.24, 2.45) is 0 Å². The van der Waals surface area contributed by atoms with Crippen LogP contribution in [0.2, 0.25) is 0 Å². The lowest BCUT2D eigenvalue weighted by Crippen LogP contribution is -2.68. The number of benzene rings is 1. The van der Waals surface area contributed by atoms with Crippen LogP contribution in [0.15, 0.2) is 30.3 Å². The Hall–Kier alpha value is -1.42. The number of hydrogen-bond donors (Lipinski definition) is 0. The molecule has 16 nitrogen and oxygen atoms in total. The largest absolute Gasteiger partial charge is 0.382 e. The maximum atomic E-state index is 6.74. The highest BCUT2D eigenvalue weighted by Gasteiger charge is 2.56. The summed E-state index contributed by atoms with van der Waals surface area (Å²) in [6.45, 7) is 0.821. The minimum Gasteiger partial charge on any atom is -0.382 e. The molecule has 0 bridgehead atoms. The Kier molecular flexibility index (Phi) is 17.8. The van der Waals surface area contributed by atoms with Crippen LogP contribution >= 0.6 is 0 Å². The van der Waals surface area contributed by atoms with E-state index in [4.69, 9.17) is 75.8 Å². The van der Waals surface area contributed by atoms with Crippen LogP contribution in [-0.2, 0) is 82.4 Å². The van der Waals surface area contributed by atoms with E-state index in [0.29, 0.717) is 6.61 Å². The molecule has 0 N–H and O–H groups in total. The van der Waals surface area contributed by atoms with Crippen LogP contribution in [0.3, 0.4) is 0 Å². The first-order chi connectivity index (χ1) is 24.9. The Balaban J connectivity index is 1.58. The summed E-state index contributed by atoms with van der Waals surface area (Å²) in [4.78, 5) is 0. The van der Waals surface area contributed by atoms with Crippen molar-refractivity contribution in [3.05, 3.63) is 35.9 Å². The first-order valence-corrected chi connectivity index (χ1v) is 17.0. The molecule has 1 aromatic rings. The van der Waals surface area contributed by atoms with Crippen LogP contribution in [0, 0.1) is 0 Å². The molecular weight excluding hydrogens is 676 g/mol. The molecule has 0 amide bonds. The lowest BCUT2D eigenvalue weighted by atomic mass is 9.95. The normalized spacial score (nSPS) is 38.9. The predicted molar refractivity (Wildman–Crippen MR) is 178 cm³/mol. The van der Waals surface area contributed by atoms with Crippen molar-refractivity contribution in [2.75, 3.05) is 90.9 Å². The number of ether oxygens (including phenoxy) is 16.